The smallest absolute Gasteiger partial charge is 0.243 e. The molecule has 3 rings (SSSR count). The maximum Gasteiger partial charge on any atom is 0.243 e. The lowest BCUT2D eigenvalue weighted by Crippen LogP contribution is -2.40. The molecule has 1 N–H and O–H groups in total. The van der Waals surface area contributed by atoms with E-state index in [9.17, 15) is 8.42 Å². The van der Waals surface area contributed by atoms with Gasteiger partial charge in [-0.15, -0.1) is 0 Å². The topological polar surface area (TPSA) is 71.8 Å². The standard InChI is InChI=1S/C17H22N2O4S/c1-14-2-5-16(23-14)13-18-12-15-3-6-17(7-4-15)24(20,21)19-8-10-22-11-9-19/h2-7,18H,8-13H2,1H3. The summed E-state index contributed by atoms with van der Waals surface area (Å²) in [4.78, 5) is 0.329. The van der Waals surface area contributed by atoms with Crippen molar-refractivity contribution >= 4 is 10.0 Å². The molecule has 1 aromatic heterocycles. The largest absolute Gasteiger partial charge is 0.465 e. The summed E-state index contributed by atoms with van der Waals surface area (Å²) in [5.41, 5.74) is 1.03. The first-order chi connectivity index (χ1) is 11.6. The van der Waals surface area contributed by atoms with Gasteiger partial charge in [0.25, 0.3) is 0 Å². The van der Waals surface area contributed by atoms with E-state index in [2.05, 4.69) is 5.32 Å². The summed E-state index contributed by atoms with van der Waals surface area (Å²) in [6.45, 7) is 4.93. The van der Waals surface area contributed by atoms with Gasteiger partial charge in [0.1, 0.15) is 11.5 Å². The quantitative estimate of drug-likeness (QED) is 0.861. The molecule has 0 atom stereocenters. The molecule has 1 aromatic carbocycles. The van der Waals surface area contributed by atoms with Crippen molar-refractivity contribution in [3.05, 3.63) is 53.5 Å². The Hall–Kier alpha value is -1.67. The van der Waals surface area contributed by atoms with Crippen LogP contribution in [0, 0.1) is 6.92 Å². The van der Waals surface area contributed by atoms with Crippen LogP contribution in [0.5, 0.6) is 0 Å². The number of aryl methyl sites for hydroxylation is 1. The van der Waals surface area contributed by atoms with E-state index < -0.39 is 10.0 Å². The van der Waals surface area contributed by atoms with Crippen LogP contribution in [-0.2, 0) is 27.8 Å². The van der Waals surface area contributed by atoms with Crippen LogP contribution < -0.4 is 5.32 Å². The van der Waals surface area contributed by atoms with Crippen molar-refractivity contribution in [1.82, 2.24) is 9.62 Å². The molecule has 1 fully saturated rings. The molecule has 0 spiro atoms. The molecule has 0 saturated carbocycles. The minimum atomic E-state index is -3.42. The second-order valence-corrected chi connectivity index (χ2v) is 7.71. The van der Waals surface area contributed by atoms with Crippen LogP contribution in [0.1, 0.15) is 17.1 Å². The molecule has 0 bridgehead atoms. The zero-order valence-corrected chi connectivity index (χ0v) is 14.5. The number of rotatable bonds is 6. The van der Waals surface area contributed by atoms with Crippen molar-refractivity contribution in [2.75, 3.05) is 26.3 Å². The third-order valence-corrected chi connectivity index (χ3v) is 5.87. The normalized spacial score (nSPS) is 16.4. The van der Waals surface area contributed by atoms with Gasteiger partial charge in [-0.2, -0.15) is 4.31 Å². The van der Waals surface area contributed by atoms with E-state index in [1.165, 1.54) is 4.31 Å². The Kier molecular flexibility index (Phi) is 5.35. The first-order valence-corrected chi connectivity index (χ1v) is 9.42. The summed E-state index contributed by atoms with van der Waals surface area (Å²) in [5.74, 6) is 1.78. The number of nitrogens with zero attached hydrogens (tertiary/aromatic N) is 1. The second kappa shape index (κ2) is 7.48. The predicted molar refractivity (Wildman–Crippen MR) is 90.0 cm³/mol. The van der Waals surface area contributed by atoms with E-state index in [1.807, 2.05) is 31.2 Å². The van der Waals surface area contributed by atoms with E-state index in [0.29, 0.717) is 44.3 Å². The van der Waals surface area contributed by atoms with Crippen LogP contribution in [-0.4, -0.2) is 39.0 Å². The summed E-state index contributed by atoms with van der Waals surface area (Å²) >= 11 is 0. The summed E-state index contributed by atoms with van der Waals surface area (Å²) in [6, 6.07) is 10.9. The zero-order valence-electron chi connectivity index (χ0n) is 13.7. The highest BCUT2D eigenvalue weighted by Gasteiger charge is 2.25. The Morgan fingerprint density at radius 2 is 1.75 bits per heavy atom. The Balaban J connectivity index is 1.58. The average molecular weight is 350 g/mol. The number of hydrogen-bond acceptors (Lipinski definition) is 5. The monoisotopic (exact) mass is 350 g/mol. The van der Waals surface area contributed by atoms with Crippen molar-refractivity contribution in [1.29, 1.82) is 0 Å². The molecular formula is C17H22N2O4S. The van der Waals surface area contributed by atoms with Crippen LogP contribution in [0.2, 0.25) is 0 Å². The number of ether oxygens (including phenoxy) is 1. The molecule has 6 nitrogen and oxygen atoms in total. The summed E-state index contributed by atoms with van der Waals surface area (Å²) < 4.78 is 37.3. The lowest BCUT2D eigenvalue weighted by atomic mass is 10.2. The fourth-order valence-electron chi connectivity index (χ4n) is 2.63. The molecule has 24 heavy (non-hydrogen) atoms. The van der Waals surface area contributed by atoms with Crippen LogP contribution in [0.15, 0.2) is 45.7 Å². The van der Waals surface area contributed by atoms with Crippen LogP contribution in [0.4, 0.5) is 0 Å². The minimum Gasteiger partial charge on any atom is -0.465 e. The van der Waals surface area contributed by atoms with Gasteiger partial charge >= 0.3 is 0 Å². The van der Waals surface area contributed by atoms with Gasteiger partial charge in [-0.25, -0.2) is 8.42 Å². The molecule has 0 unspecified atom stereocenters. The van der Waals surface area contributed by atoms with Crippen molar-refractivity contribution in [3.8, 4) is 0 Å². The molecule has 1 saturated heterocycles. The van der Waals surface area contributed by atoms with Gasteiger partial charge in [-0.3, -0.25) is 0 Å². The highest BCUT2D eigenvalue weighted by Crippen LogP contribution is 2.17. The molecule has 7 heteroatoms. The first kappa shape index (κ1) is 17.2. The molecule has 1 aliphatic heterocycles. The Bertz CT molecular complexity index is 762. The average Bonchev–Trinajstić information content (AvgIpc) is 3.01. The first-order valence-electron chi connectivity index (χ1n) is 7.98. The van der Waals surface area contributed by atoms with Crippen molar-refractivity contribution in [2.24, 2.45) is 0 Å². The minimum absolute atomic E-state index is 0.329. The SMILES string of the molecule is Cc1ccc(CNCc2ccc(S(=O)(=O)N3CCOCC3)cc2)o1. The van der Waals surface area contributed by atoms with Crippen LogP contribution in [0.3, 0.4) is 0 Å². The van der Waals surface area contributed by atoms with E-state index in [0.717, 1.165) is 17.1 Å². The van der Waals surface area contributed by atoms with Gasteiger partial charge in [0, 0.05) is 19.6 Å². The number of benzene rings is 1. The molecule has 0 radical (unpaired) electrons. The number of nitrogens with one attached hydrogen (secondary N) is 1. The predicted octanol–water partition coefficient (Wildman–Crippen LogP) is 1.90. The summed E-state index contributed by atoms with van der Waals surface area (Å²) in [7, 11) is -3.42. The molecule has 2 heterocycles. The van der Waals surface area contributed by atoms with E-state index in [1.54, 1.807) is 12.1 Å². The van der Waals surface area contributed by atoms with Gasteiger partial charge in [-0.1, -0.05) is 12.1 Å². The van der Waals surface area contributed by atoms with Crippen molar-refractivity contribution in [3.63, 3.8) is 0 Å². The Labute approximate surface area is 142 Å². The number of morpholine rings is 1. The molecular weight excluding hydrogens is 328 g/mol. The molecule has 1 aliphatic rings. The fraction of sp³-hybridized carbons (Fsp3) is 0.412. The molecule has 130 valence electrons. The Morgan fingerprint density at radius 3 is 2.38 bits per heavy atom. The van der Waals surface area contributed by atoms with Gasteiger partial charge in [0.15, 0.2) is 0 Å². The Morgan fingerprint density at radius 1 is 1.04 bits per heavy atom. The lowest BCUT2D eigenvalue weighted by Gasteiger charge is -2.26. The molecule has 0 amide bonds. The number of sulfonamides is 1. The van der Waals surface area contributed by atoms with Crippen LogP contribution >= 0.6 is 0 Å². The fourth-order valence-corrected chi connectivity index (χ4v) is 4.03. The van der Waals surface area contributed by atoms with E-state index in [4.69, 9.17) is 9.15 Å². The van der Waals surface area contributed by atoms with Gasteiger partial charge in [0.2, 0.25) is 10.0 Å². The maximum absolute atomic E-state index is 12.5. The number of hydrogen-bond donors (Lipinski definition) is 1. The highest BCUT2D eigenvalue weighted by molar-refractivity contribution is 7.89. The summed E-state index contributed by atoms with van der Waals surface area (Å²) in [6.07, 6.45) is 0. The maximum atomic E-state index is 12.5. The molecule has 0 aliphatic carbocycles. The van der Waals surface area contributed by atoms with E-state index >= 15 is 0 Å². The highest BCUT2D eigenvalue weighted by atomic mass is 32.2. The van der Waals surface area contributed by atoms with Crippen molar-refractivity contribution < 1.29 is 17.6 Å². The van der Waals surface area contributed by atoms with Gasteiger partial charge in [0.05, 0.1) is 24.7 Å². The second-order valence-electron chi connectivity index (χ2n) is 5.78. The summed E-state index contributed by atoms with van der Waals surface area (Å²) in [5, 5.41) is 3.28. The van der Waals surface area contributed by atoms with Gasteiger partial charge in [-0.05, 0) is 36.8 Å². The lowest BCUT2D eigenvalue weighted by molar-refractivity contribution is 0.0730. The third kappa shape index (κ3) is 4.05. The molecule has 2 aromatic rings. The van der Waals surface area contributed by atoms with E-state index in [-0.39, 0.29) is 0 Å². The third-order valence-electron chi connectivity index (χ3n) is 3.96. The van der Waals surface area contributed by atoms with Crippen molar-refractivity contribution in [2.45, 2.75) is 24.9 Å². The number of furan rings is 1. The van der Waals surface area contributed by atoms with Gasteiger partial charge < -0.3 is 14.5 Å². The zero-order chi connectivity index (χ0) is 17.0. The van der Waals surface area contributed by atoms with Crippen LogP contribution in [0.25, 0.3) is 0 Å².